The zero-order valence-corrected chi connectivity index (χ0v) is 24.5. The maximum Gasteiger partial charge on any atom is 0.194 e. The highest BCUT2D eigenvalue weighted by Gasteiger charge is 2.21. The summed E-state index contributed by atoms with van der Waals surface area (Å²) in [6.45, 7) is 8.06. The van der Waals surface area contributed by atoms with Gasteiger partial charge in [0.25, 0.3) is 0 Å². The lowest BCUT2D eigenvalue weighted by molar-refractivity contribution is -0.117. The van der Waals surface area contributed by atoms with Gasteiger partial charge in [-0.25, -0.2) is 4.99 Å². The predicted molar refractivity (Wildman–Crippen MR) is 159 cm³/mol. The first kappa shape index (κ1) is 30.7. The molecule has 0 saturated heterocycles. The summed E-state index contributed by atoms with van der Waals surface area (Å²) in [4.78, 5) is 20.4. The molecule has 3 rings (SSSR count). The number of carbonyl (C=O) groups is 1. The van der Waals surface area contributed by atoms with Crippen molar-refractivity contribution >= 4 is 40.9 Å². The van der Waals surface area contributed by atoms with Crippen molar-refractivity contribution in [2.75, 3.05) is 5.32 Å². The van der Waals surface area contributed by atoms with Crippen molar-refractivity contribution in [1.82, 2.24) is 0 Å². The maximum atomic E-state index is 12.9. The summed E-state index contributed by atoms with van der Waals surface area (Å²) in [6, 6.07) is 11.0. The highest BCUT2D eigenvalue weighted by molar-refractivity contribution is 6.37. The summed E-state index contributed by atoms with van der Waals surface area (Å²) < 4.78 is 12.9. The summed E-state index contributed by atoms with van der Waals surface area (Å²) in [7, 11) is 0. The Balaban J connectivity index is 1.85. The number of hydrogen-bond acceptors (Lipinski definition) is 5. The number of hydrogen-bond donors (Lipinski definition) is 2. The van der Waals surface area contributed by atoms with Gasteiger partial charge in [-0.1, -0.05) is 60.8 Å². The highest BCUT2D eigenvalue weighted by Crippen LogP contribution is 2.41. The van der Waals surface area contributed by atoms with Crippen LogP contribution in [0.25, 0.3) is 0 Å². The number of rotatable bonds is 12. The third kappa shape index (κ3) is 8.58. The minimum atomic E-state index is -0.270. The van der Waals surface area contributed by atoms with Crippen LogP contribution in [0.4, 0.5) is 10.2 Å². The lowest BCUT2D eigenvalue weighted by Gasteiger charge is -2.24. The molecule has 0 aliphatic carbocycles. The number of nitrogens with one attached hydrogen (secondary N) is 1. The summed E-state index contributed by atoms with van der Waals surface area (Å²) in [5.74, 6) is 0.975. The van der Waals surface area contributed by atoms with Crippen molar-refractivity contribution in [3.05, 3.63) is 74.5 Å². The molecule has 1 aliphatic heterocycles. The summed E-state index contributed by atoms with van der Waals surface area (Å²) in [5.41, 5.74) is 5.11. The van der Waals surface area contributed by atoms with Crippen molar-refractivity contribution in [2.45, 2.75) is 72.6 Å². The molecule has 210 valence electrons. The number of Topliss-reactive ketones (excluding diaryl/α,β-unsaturated/α-hetero) is 1. The van der Waals surface area contributed by atoms with Crippen LogP contribution in [0.15, 0.2) is 63.9 Å². The summed E-state index contributed by atoms with van der Waals surface area (Å²) >= 11 is 12.6. The number of ketones is 1. The number of anilines is 1. The van der Waals surface area contributed by atoms with E-state index in [-0.39, 0.29) is 39.2 Å². The van der Waals surface area contributed by atoms with E-state index >= 15 is 0 Å². The first-order valence-corrected chi connectivity index (χ1v) is 14.1. The van der Waals surface area contributed by atoms with Gasteiger partial charge in [-0.3, -0.25) is 4.94 Å². The Hall–Kier alpha value is -2.83. The molecule has 0 fully saturated rings. The molecule has 0 aromatic heterocycles. The molecule has 5 nitrogen and oxygen atoms in total. The number of aromatic hydroxyl groups is 1. The molecule has 0 amide bonds. The number of aliphatic imine (C=N–C) groups is 1. The lowest BCUT2D eigenvalue weighted by atomic mass is 9.83. The number of phenolic OH excluding ortho intramolecular Hbond substituents is 1. The van der Waals surface area contributed by atoms with Crippen LogP contribution < -0.4 is 10.3 Å². The molecule has 2 aromatic rings. The highest BCUT2D eigenvalue weighted by atomic mass is 35.5. The van der Waals surface area contributed by atoms with Crippen molar-refractivity contribution in [2.24, 2.45) is 16.8 Å². The number of halogens is 3. The second-order valence-electron chi connectivity index (χ2n) is 10.5. The second kappa shape index (κ2) is 14.5. The largest absolute Gasteiger partial charge is 0.506 e. The number of benzene rings is 2. The van der Waals surface area contributed by atoms with Gasteiger partial charge < -0.3 is 15.2 Å². The molecule has 39 heavy (non-hydrogen) atoms. The molecule has 0 spiro atoms. The first-order valence-electron chi connectivity index (χ1n) is 13.4. The summed E-state index contributed by atoms with van der Waals surface area (Å²) in [5, 5.41) is 13.7. The van der Waals surface area contributed by atoms with Crippen LogP contribution in [0.2, 0.25) is 10.0 Å². The third-order valence-corrected chi connectivity index (χ3v) is 8.11. The van der Waals surface area contributed by atoms with Gasteiger partial charge in [0.2, 0.25) is 0 Å². The van der Waals surface area contributed by atoms with E-state index in [1.165, 1.54) is 16.7 Å². The number of carbonyl (C=O) groups excluding carboxylic acids is 1. The molecule has 2 N–H and O–H groups in total. The molecule has 2 unspecified atom stereocenters. The SMILES string of the molecule is CC(=O)CCC(C)/C1=C(CC(C)CCc2c(Cl)c(O)cc(OF)c2Cl)/C=N\C(Nc2ccccc2)=C(/C)CC1. The number of nitrogens with zero attached hydrogens (tertiary/aromatic N) is 1. The third-order valence-electron chi connectivity index (χ3n) is 7.27. The lowest BCUT2D eigenvalue weighted by Crippen LogP contribution is -2.12. The minimum Gasteiger partial charge on any atom is -0.506 e. The van der Waals surface area contributed by atoms with E-state index in [4.69, 9.17) is 28.2 Å². The standard InChI is InChI=1S/C31H37Cl2FN2O3/c1-19(10-14-26-29(32)27(38)17-28(39-34)30(26)33)16-23-18-35-31(36-24-8-6-5-7-9-24)21(3)12-15-25(23)20(2)11-13-22(4)37/h5-9,17-20,36,38H,10-16H2,1-4H3/b25-23+,31-21-,35-18-. The number of allylic oxidation sites excluding steroid dienone is 3. The smallest absolute Gasteiger partial charge is 0.194 e. The molecular formula is C31H37Cl2FN2O3. The van der Waals surface area contributed by atoms with E-state index in [2.05, 4.69) is 31.0 Å². The van der Waals surface area contributed by atoms with Crippen molar-refractivity contribution in [3.63, 3.8) is 0 Å². The maximum absolute atomic E-state index is 12.9. The fraction of sp³-hybridized carbons (Fsp3) is 0.419. The molecule has 0 bridgehead atoms. The number of phenols is 1. The van der Waals surface area contributed by atoms with Gasteiger partial charge in [0.05, 0.1) is 10.0 Å². The Morgan fingerprint density at radius 3 is 2.54 bits per heavy atom. The van der Waals surface area contributed by atoms with Gasteiger partial charge in [-0.05, 0) is 93.1 Å². The zero-order valence-electron chi connectivity index (χ0n) is 23.0. The van der Waals surface area contributed by atoms with Crippen LogP contribution in [0.1, 0.15) is 71.8 Å². The van der Waals surface area contributed by atoms with E-state index in [1.54, 1.807) is 6.92 Å². The number of para-hydroxylation sites is 1. The molecule has 0 saturated carbocycles. The van der Waals surface area contributed by atoms with Gasteiger partial charge in [0, 0.05) is 28.9 Å². The Kier molecular flexibility index (Phi) is 11.4. The monoisotopic (exact) mass is 574 g/mol. The molecule has 1 aliphatic rings. The second-order valence-corrected chi connectivity index (χ2v) is 11.3. The normalized spacial score (nSPS) is 20.1. The van der Waals surface area contributed by atoms with Crippen molar-refractivity contribution in [1.29, 1.82) is 0 Å². The van der Waals surface area contributed by atoms with Gasteiger partial charge in [-0.15, -0.1) is 0 Å². The Labute approximate surface area is 240 Å². The quantitative estimate of drug-likeness (QED) is 0.265. The van der Waals surface area contributed by atoms with Gasteiger partial charge >= 0.3 is 0 Å². The van der Waals surface area contributed by atoms with Crippen LogP contribution in [-0.2, 0) is 11.2 Å². The van der Waals surface area contributed by atoms with Gasteiger partial charge in [0.1, 0.15) is 17.4 Å². The predicted octanol–water partition coefficient (Wildman–Crippen LogP) is 9.43. The Morgan fingerprint density at radius 1 is 1.15 bits per heavy atom. The topological polar surface area (TPSA) is 70.9 Å². The Bertz CT molecular complexity index is 1260. The fourth-order valence-corrected chi connectivity index (χ4v) is 5.43. The fourth-order valence-electron chi connectivity index (χ4n) is 4.87. The van der Waals surface area contributed by atoms with Crippen molar-refractivity contribution in [3.8, 4) is 11.5 Å². The summed E-state index contributed by atoms with van der Waals surface area (Å²) in [6.07, 6.45) is 6.98. The molecule has 1 heterocycles. The average Bonchev–Trinajstić information content (AvgIpc) is 2.91. The Morgan fingerprint density at radius 2 is 1.87 bits per heavy atom. The molecule has 0 radical (unpaired) electrons. The molecule has 8 heteroatoms. The van der Waals surface area contributed by atoms with Gasteiger partial charge in [0.15, 0.2) is 5.75 Å². The van der Waals surface area contributed by atoms with E-state index in [9.17, 15) is 14.4 Å². The van der Waals surface area contributed by atoms with Crippen LogP contribution in [0.5, 0.6) is 11.5 Å². The molecular weight excluding hydrogens is 538 g/mol. The van der Waals surface area contributed by atoms with Crippen LogP contribution in [-0.4, -0.2) is 17.1 Å². The van der Waals surface area contributed by atoms with Crippen LogP contribution in [0.3, 0.4) is 0 Å². The zero-order chi connectivity index (χ0) is 28.5. The average molecular weight is 576 g/mol. The van der Waals surface area contributed by atoms with E-state index in [0.29, 0.717) is 24.8 Å². The molecule has 2 aromatic carbocycles. The van der Waals surface area contributed by atoms with Crippen molar-refractivity contribution < 1.29 is 19.4 Å². The van der Waals surface area contributed by atoms with Crippen LogP contribution >= 0.6 is 23.2 Å². The molecule has 2 atom stereocenters. The minimum absolute atomic E-state index is 0.0648. The van der Waals surface area contributed by atoms with E-state index < -0.39 is 0 Å². The van der Waals surface area contributed by atoms with Gasteiger partial charge in [-0.2, -0.15) is 0 Å². The first-order chi connectivity index (χ1) is 18.6. The van der Waals surface area contributed by atoms with E-state index in [1.807, 2.05) is 36.5 Å². The van der Waals surface area contributed by atoms with E-state index in [0.717, 1.165) is 43.3 Å². The van der Waals surface area contributed by atoms with Crippen LogP contribution in [0, 0.1) is 11.8 Å².